The van der Waals surface area contributed by atoms with Crippen LogP contribution in [0.2, 0.25) is 0 Å². The van der Waals surface area contributed by atoms with Gasteiger partial charge in [0.1, 0.15) is 36.1 Å². The molecule has 1 aliphatic rings. The topological polar surface area (TPSA) is 154 Å². The van der Waals surface area contributed by atoms with E-state index in [2.05, 4.69) is 0 Å². The molecule has 13 heteroatoms. The van der Waals surface area contributed by atoms with Crippen molar-refractivity contribution in [3.63, 3.8) is 0 Å². The van der Waals surface area contributed by atoms with Crippen LogP contribution >= 0.6 is 0 Å². The molecule has 5 atom stereocenters. The second-order valence-corrected chi connectivity index (χ2v) is 9.30. The summed E-state index contributed by atoms with van der Waals surface area (Å²) in [5, 5.41) is 0.129. The fraction of sp³-hybridized carbons (Fsp3) is 0.345. The van der Waals surface area contributed by atoms with Gasteiger partial charge in [0.2, 0.25) is 17.8 Å². The van der Waals surface area contributed by atoms with Gasteiger partial charge in [0.15, 0.2) is 12.2 Å². The van der Waals surface area contributed by atoms with Crippen LogP contribution in [0.15, 0.2) is 57.9 Å². The second-order valence-electron chi connectivity index (χ2n) is 9.30. The Morgan fingerprint density at radius 1 is 0.810 bits per heavy atom. The summed E-state index contributed by atoms with van der Waals surface area (Å²) in [6.07, 6.45) is -5.78. The predicted octanol–water partition coefficient (Wildman–Crippen LogP) is 3.06. The maximum atomic E-state index is 14.3. The summed E-state index contributed by atoms with van der Waals surface area (Å²) < 4.78 is 53.0. The molecule has 0 bridgehead atoms. The van der Waals surface area contributed by atoms with Crippen molar-refractivity contribution in [1.82, 2.24) is 0 Å². The summed E-state index contributed by atoms with van der Waals surface area (Å²) >= 11 is 0. The van der Waals surface area contributed by atoms with Gasteiger partial charge >= 0.3 is 23.9 Å². The molecule has 1 aromatic heterocycles. The van der Waals surface area contributed by atoms with Gasteiger partial charge < -0.3 is 32.8 Å². The molecule has 222 valence electrons. The van der Waals surface area contributed by atoms with E-state index in [0.29, 0.717) is 0 Å². The largest absolute Gasteiger partial charge is 0.463 e. The third-order valence-corrected chi connectivity index (χ3v) is 6.11. The van der Waals surface area contributed by atoms with E-state index in [-0.39, 0.29) is 27.8 Å². The Bertz CT molecular complexity index is 1560. The van der Waals surface area contributed by atoms with E-state index in [4.69, 9.17) is 32.8 Å². The Morgan fingerprint density at radius 3 is 2.10 bits per heavy atom. The number of ether oxygens (including phenoxy) is 6. The Balaban J connectivity index is 1.71. The zero-order chi connectivity index (χ0) is 30.6. The number of hydrogen-bond donors (Lipinski definition) is 0. The molecule has 0 aliphatic carbocycles. The molecular formula is C29H27FO12. The molecule has 42 heavy (non-hydrogen) atoms. The first kappa shape index (κ1) is 30.2. The molecule has 3 aromatic rings. The highest BCUT2D eigenvalue weighted by Gasteiger charge is 2.53. The number of rotatable bonds is 8. The molecule has 0 N–H and O–H groups in total. The number of hydrogen-bond acceptors (Lipinski definition) is 12. The molecule has 0 spiro atoms. The highest BCUT2D eigenvalue weighted by atomic mass is 19.1. The SMILES string of the molecule is CC(=O)OC[C@@H]1O[C@@H](Oc2ccc3c(=O)c(-c4ccccc4F)coc3c2)[C@@H](OC(C)=O)[C@@H](OC(C)=O)[C@H]1OC(C)=O. The number of esters is 4. The first-order chi connectivity index (χ1) is 19.9. The molecule has 1 aliphatic heterocycles. The molecule has 2 aromatic carbocycles. The van der Waals surface area contributed by atoms with Crippen LogP contribution in [0.1, 0.15) is 27.7 Å². The molecule has 12 nitrogen and oxygen atoms in total. The lowest BCUT2D eigenvalue weighted by molar-refractivity contribution is -0.288. The van der Waals surface area contributed by atoms with E-state index in [1.807, 2.05) is 0 Å². The Labute approximate surface area is 238 Å². The van der Waals surface area contributed by atoms with Crippen LogP contribution < -0.4 is 10.2 Å². The van der Waals surface area contributed by atoms with Crippen molar-refractivity contribution < 1.29 is 56.4 Å². The van der Waals surface area contributed by atoms with Crippen molar-refractivity contribution in [3.8, 4) is 16.9 Å². The molecule has 0 saturated carbocycles. The van der Waals surface area contributed by atoms with Gasteiger partial charge in [-0.15, -0.1) is 0 Å². The number of carbonyl (C=O) groups is 4. The van der Waals surface area contributed by atoms with Crippen LogP contribution in [-0.4, -0.2) is 61.2 Å². The summed E-state index contributed by atoms with van der Waals surface area (Å²) in [5.74, 6) is -3.53. The van der Waals surface area contributed by atoms with Gasteiger partial charge in [-0.25, -0.2) is 4.39 Å². The van der Waals surface area contributed by atoms with Crippen molar-refractivity contribution in [3.05, 3.63) is 64.8 Å². The minimum Gasteiger partial charge on any atom is -0.463 e. The average molecular weight is 587 g/mol. The van der Waals surface area contributed by atoms with E-state index in [1.165, 1.54) is 36.4 Å². The second kappa shape index (κ2) is 12.8. The molecule has 0 radical (unpaired) electrons. The first-order valence-corrected chi connectivity index (χ1v) is 12.7. The summed E-state index contributed by atoms with van der Waals surface area (Å²) in [5.41, 5.74) is -0.303. The van der Waals surface area contributed by atoms with Gasteiger partial charge in [-0.1, -0.05) is 18.2 Å². The molecular weight excluding hydrogens is 559 g/mol. The number of fused-ring (bicyclic) bond motifs is 1. The van der Waals surface area contributed by atoms with Gasteiger partial charge in [-0.2, -0.15) is 0 Å². The Hall–Kier alpha value is -4.78. The average Bonchev–Trinajstić information content (AvgIpc) is 2.91. The van der Waals surface area contributed by atoms with Gasteiger partial charge in [0.25, 0.3) is 0 Å². The smallest absolute Gasteiger partial charge is 0.303 e. The minimum absolute atomic E-state index is 0.0221. The molecule has 0 amide bonds. The standard InChI is InChI=1S/C29H27FO12/c1-14(31)36-13-24-26(38-15(2)32)27(39-16(3)33)28(40-17(4)34)29(42-24)41-18-9-10-20-23(11-18)37-12-21(25(20)35)19-7-5-6-8-22(19)30/h5-12,24,26-29H,13H2,1-4H3/t24-,26-,27-,28-,29+/m0/s1. The molecule has 2 heterocycles. The third-order valence-electron chi connectivity index (χ3n) is 6.11. The minimum atomic E-state index is -1.48. The summed E-state index contributed by atoms with van der Waals surface area (Å²) in [6.45, 7) is 4.04. The molecule has 1 saturated heterocycles. The predicted molar refractivity (Wildman–Crippen MR) is 140 cm³/mol. The normalized spacial score (nSPS) is 21.7. The fourth-order valence-corrected chi connectivity index (χ4v) is 4.47. The van der Waals surface area contributed by atoms with Gasteiger partial charge in [0.05, 0.1) is 10.9 Å². The van der Waals surface area contributed by atoms with Gasteiger partial charge in [-0.3, -0.25) is 24.0 Å². The number of carbonyl (C=O) groups excluding carboxylic acids is 4. The quantitative estimate of drug-likeness (QED) is 0.281. The van der Waals surface area contributed by atoms with E-state index in [9.17, 15) is 28.4 Å². The monoisotopic (exact) mass is 586 g/mol. The van der Waals surface area contributed by atoms with Gasteiger partial charge in [-0.05, 0) is 18.2 Å². The summed E-state index contributed by atoms with van der Waals surface area (Å²) in [7, 11) is 0. The van der Waals surface area contributed by atoms with E-state index in [1.54, 1.807) is 6.07 Å². The summed E-state index contributed by atoms with van der Waals surface area (Å²) in [4.78, 5) is 60.6. The maximum Gasteiger partial charge on any atom is 0.303 e. The highest BCUT2D eigenvalue weighted by Crippen LogP contribution is 2.32. The lowest BCUT2D eigenvalue weighted by atomic mass is 9.98. The zero-order valence-corrected chi connectivity index (χ0v) is 23.0. The molecule has 1 fully saturated rings. The van der Waals surface area contributed by atoms with Crippen LogP contribution in [0.25, 0.3) is 22.1 Å². The molecule has 0 unspecified atom stereocenters. The highest BCUT2D eigenvalue weighted by molar-refractivity contribution is 5.82. The number of halogens is 1. The van der Waals surface area contributed by atoms with Crippen LogP contribution in [0.4, 0.5) is 4.39 Å². The van der Waals surface area contributed by atoms with Crippen molar-refractivity contribution >= 4 is 34.8 Å². The third kappa shape index (κ3) is 6.92. The Kier molecular flexibility index (Phi) is 9.21. The fourth-order valence-electron chi connectivity index (χ4n) is 4.47. The van der Waals surface area contributed by atoms with Crippen LogP contribution in [-0.2, 0) is 42.9 Å². The van der Waals surface area contributed by atoms with Crippen molar-refractivity contribution in [1.29, 1.82) is 0 Å². The van der Waals surface area contributed by atoms with Crippen molar-refractivity contribution in [2.45, 2.75) is 58.4 Å². The van der Waals surface area contributed by atoms with Crippen LogP contribution in [0.3, 0.4) is 0 Å². The maximum absolute atomic E-state index is 14.3. The van der Waals surface area contributed by atoms with E-state index >= 15 is 0 Å². The Morgan fingerprint density at radius 2 is 1.45 bits per heavy atom. The molecule has 4 rings (SSSR count). The summed E-state index contributed by atoms with van der Waals surface area (Å²) in [6, 6.07) is 9.92. The van der Waals surface area contributed by atoms with Crippen LogP contribution in [0.5, 0.6) is 5.75 Å². The first-order valence-electron chi connectivity index (χ1n) is 12.7. The van der Waals surface area contributed by atoms with Gasteiger partial charge in [0, 0.05) is 39.3 Å². The van der Waals surface area contributed by atoms with E-state index in [0.717, 1.165) is 34.0 Å². The van der Waals surface area contributed by atoms with E-state index < -0.39 is 72.4 Å². The van der Waals surface area contributed by atoms with Crippen LogP contribution in [0, 0.1) is 5.82 Å². The lowest BCUT2D eigenvalue weighted by Gasteiger charge is -2.43. The van der Waals surface area contributed by atoms with Crippen molar-refractivity contribution in [2.75, 3.05) is 6.61 Å². The zero-order valence-electron chi connectivity index (χ0n) is 23.0. The van der Waals surface area contributed by atoms with Crippen molar-refractivity contribution in [2.24, 2.45) is 0 Å². The lowest BCUT2D eigenvalue weighted by Crippen LogP contribution is -2.63. The number of benzene rings is 2.